The molecule has 1 saturated heterocycles. The number of amides is 1. The van der Waals surface area contributed by atoms with Crippen LogP contribution in [0.3, 0.4) is 0 Å². The molecule has 1 N–H and O–H groups in total. The van der Waals surface area contributed by atoms with Crippen LogP contribution in [0.5, 0.6) is 0 Å². The molecule has 1 rings (SSSR count). The van der Waals surface area contributed by atoms with Gasteiger partial charge in [0, 0.05) is 26.2 Å². The molecule has 1 aliphatic rings. The third-order valence-corrected chi connectivity index (χ3v) is 4.01. The van der Waals surface area contributed by atoms with Gasteiger partial charge in [0.15, 0.2) is 0 Å². The molecule has 0 spiro atoms. The molecular formula is C12H24N2O5S. The van der Waals surface area contributed by atoms with Crippen molar-refractivity contribution in [2.24, 2.45) is 5.41 Å². The zero-order chi connectivity index (χ0) is 15.6. The SMILES string of the molecule is CC(C)(C)C1CN(CCOS(C)(=O)=O)CCN1C(=O)O. The highest BCUT2D eigenvalue weighted by atomic mass is 32.2. The first-order valence-electron chi connectivity index (χ1n) is 6.57. The van der Waals surface area contributed by atoms with Crippen LogP contribution in [0.4, 0.5) is 4.79 Å². The number of carbonyl (C=O) groups is 1. The molecule has 1 aliphatic heterocycles. The molecule has 0 saturated carbocycles. The number of carboxylic acid groups (broad SMARTS) is 1. The van der Waals surface area contributed by atoms with Gasteiger partial charge in [-0.15, -0.1) is 0 Å². The fraction of sp³-hybridized carbons (Fsp3) is 0.917. The molecule has 0 aromatic heterocycles. The lowest BCUT2D eigenvalue weighted by molar-refractivity contribution is 0.0183. The monoisotopic (exact) mass is 308 g/mol. The summed E-state index contributed by atoms with van der Waals surface area (Å²) in [5.74, 6) is 0. The molecular weight excluding hydrogens is 284 g/mol. The lowest BCUT2D eigenvalue weighted by atomic mass is 9.84. The van der Waals surface area contributed by atoms with Gasteiger partial charge >= 0.3 is 6.09 Å². The molecule has 1 fully saturated rings. The van der Waals surface area contributed by atoms with E-state index in [1.807, 2.05) is 25.7 Å². The van der Waals surface area contributed by atoms with E-state index in [-0.39, 0.29) is 18.1 Å². The zero-order valence-corrected chi connectivity index (χ0v) is 13.3. The van der Waals surface area contributed by atoms with Crippen molar-refractivity contribution in [3.63, 3.8) is 0 Å². The van der Waals surface area contributed by atoms with Gasteiger partial charge in [0.25, 0.3) is 10.1 Å². The Bertz CT molecular complexity index is 443. The predicted octanol–water partition coefficient (Wildman–Crippen LogP) is 0.673. The molecule has 0 aromatic rings. The summed E-state index contributed by atoms with van der Waals surface area (Å²) in [5, 5.41) is 9.24. The van der Waals surface area contributed by atoms with Gasteiger partial charge in [0.05, 0.1) is 18.9 Å². The summed E-state index contributed by atoms with van der Waals surface area (Å²) in [4.78, 5) is 14.8. The Balaban J connectivity index is 2.61. The first kappa shape index (κ1) is 17.2. The van der Waals surface area contributed by atoms with Crippen molar-refractivity contribution in [2.45, 2.75) is 26.8 Å². The summed E-state index contributed by atoms with van der Waals surface area (Å²) in [6.07, 6.45) is 0.116. The normalized spacial score (nSPS) is 22.0. The van der Waals surface area contributed by atoms with Crippen LogP contribution in [0.15, 0.2) is 0 Å². The van der Waals surface area contributed by atoms with Crippen LogP contribution in [-0.2, 0) is 14.3 Å². The topological polar surface area (TPSA) is 87.2 Å². The predicted molar refractivity (Wildman–Crippen MR) is 75.2 cm³/mol. The fourth-order valence-electron chi connectivity index (χ4n) is 2.33. The largest absolute Gasteiger partial charge is 0.465 e. The molecule has 8 heteroatoms. The van der Waals surface area contributed by atoms with E-state index < -0.39 is 16.2 Å². The summed E-state index contributed by atoms with van der Waals surface area (Å²) in [6.45, 7) is 8.19. The van der Waals surface area contributed by atoms with Gasteiger partial charge in [0.2, 0.25) is 0 Å². The Hall–Kier alpha value is -0.860. The molecule has 118 valence electrons. The molecule has 7 nitrogen and oxygen atoms in total. The first-order valence-corrected chi connectivity index (χ1v) is 8.38. The van der Waals surface area contributed by atoms with Crippen LogP contribution in [0.1, 0.15) is 20.8 Å². The zero-order valence-electron chi connectivity index (χ0n) is 12.5. The van der Waals surface area contributed by atoms with E-state index in [9.17, 15) is 18.3 Å². The van der Waals surface area contributed by atoms with E-state index in [0.717, 1.165) is 6.26 Å². The van der Waals surface area contributed by atoms with Gasteiger partial charge in [-0.25, -0.2) is 4.79 Å². The first-order chi connectivity index (χ1) is 9.00. The van der Waals surface area contributed by atoms with E-state index >= 15 is 0 Å². The van der Waals surface area contributed by atoms with Crippen LogP contribution in [0.25, 0.3) is 0 Å². The quantitative estimate of drug-likeness (QED) is 0.768. The summed E-state index contributed by atoms with van der Waals surface area (Å²) in [5.41, 5.74) is -0.172. The van der Waals surface area contributed by atoms with Crippen LogP contribution in [0.2, 0.25) is 0 Å². The Kier molecular flexibility index (Phi) is 5.39. The van der Waals surface area contributed by atoms with Crippen molar-refractivity contribution in [2.75, 3.05) is 39.0 Å². The van der Waals surface area contributed by atoms with Gasteiger partial charge in [-0.2, -0.15) is 8.42 Å². The van der Waals surface area contributed by atoms with Crippen LogP contribution in [0, 0.1) is 5.41 Å². The second kappa shape index (κ2) is 6.28. The number of nitrogens with zero attached hydrogens (tertiary/aromatic N) is 2. The highest BCUT2D eigenvalue weighted by Crippen LogP contribution is 2.27. The number of rotatable bonds is 4. The van der Waals surface area contributed by atoms with Crippen LogP contribution >= 0.6 is 0 Å². The van der Waals surface area contributed by atoms with Gasteiger partial charge in [-0.3, -0.25) is 9.08 Å². The number of hydrogen-bond acceptors (Lipinski definition) is 5. The molecule has 1 atom stereocenters. The Morgan fingerprint density at radius 3 is 2.40 bits per heavy atom. The van der Waals surface area contributed by atoms with Crippen molar-refractivity contribution < 1.29 is 22.5 Å². The average molecular weight is 308 g/mol. The van der Waals surface area contributed by atoms with Gasteiger partial charge in [0.1, 0.15) is 0 Å². The summed E-state index contributed by atoms with van der Waals surface area (Å²) in [7, 11) is -3.42. The number of piperazine rings is 1. The minimum atomic E-state index is -3.42. The molecule has 20 heavy (non-hydrogen) atoms. The number of hydrogen-bond donors (Lipinski definition) is 1. The Labute approximate surface area is 120 Å². The van der Waals surface area contributed by atoms with E-state index in [1.165, 1.54) is 4.90 Å². The molecule has 0 radical (unpaired) electrons. The molecule has 1 heterocycles. The highest BCUT2D eigenvalue weighted by Gasteiger charge is 2.37. The van der Waals surface area contributed by atoms with Crippen molar-refractivity contribution in [3.05, 3.63) is 0 Å². The maximum absolute atomic E-state index is 11.3. The average Bonchev–Trinajstić information content (AvgIpc) is 2.25. The Morgan fingerprint density at radius 2 is 1.95 bits per heavy atom. The van der Waals surface area contributed by atoms with Crippen molar-refractivity contribution >= 4 is 16.2 Å². The van der Waals surface area contributed by atoms with Gasteiger partial charge in [-0.1, -0.05) is 20.8 Å². The summed E-state index contributed by atoms with van der Waals surface area (Å²) < 4.78 is 26.6. The minimum Gasteiger partial charge on any atom is -0.465 e. The molecule has 1 unspecified atom stereocenters. The van der Waals surface area contributed by atoms with E-state index in [4.69, 9.17) is 4.18 Å². The van der Waals surface area contributed by atoms with E-state index in [2.05, 4.69) is 0 Å². The van der Waals surface area contributed by atoms with Crippen LogP contribution < -0.4 is 0 Å². The smallest absolute Gasteiger partial charge is 0.407 e. The molecule has 0 aromatic carbocycles. The molecule has 0 aliphatic carbocycles. The third-order valence-electron chi connectivity index (χ3n) is 3.41. The molecule has 0 bridgehead atoms. The van der Waals surface area contributed by atoms with Crippen molar-refractivity contribution in [1.82, 2.24) is 9.80 Å². The summed E-state index contributed by atoms with van der Waals surface area (Å²) in [6, 6.07) is -0.119. The second-order valence-corrected chi connectivity index (χ2v) is 7.83. The summed E-state index contributed by atoms with van der Waals surface area (Å²) >= 11 is 0. The standard InChI is InChI=1S/C12H24N2O5S/c1-12(2,3)10-9-13(5-6-14(10)11(15)16)7-8-19-20(4,17)18/h10H,5-9H2,1-4H3,(H,15,16). The van der Waals surface area contributed by atoms with Crippen molar-refractivity contribution in [3.8, 4) is 0 Å². The van der Waals surface area contributed by atoms with Crippen molar-refractivity contribution in [1.29, 1.82) is 0 Å². The Morgan fingerprint density at radius 1 is 1.35 bits per heavy atom. The minimum absolute atomic E-state index is 0.1000. The lowest BCUT2D eigenvalue weighted by Crippen LogP contribution is -2.59. The fourth-order valence-corrected chi connectivity index (χ4v) is 2.71. The molecule has 1 amide bonds. The van der Waals surface area contributed by atoms with Crippen LogP contribution in [-0.4, -0.2) is 74.5 Å². The van der Waals surface area contributed by atoms with Gasteiger partial charge < -0.3 is 10.0 Å². The lowest BCUT2D eigenvalue weighted by Gasteiger charge is -2.45. The maximum atomic E-state index is 11.3. The van der Waals surface area contributed by atoms with E-state index in [1.54, 1.807) is 0 Å². The second-order valence-electron chi connectivity index (χ2n) is 6.18. The van der Waals surface area contributed by atoms with Gasteiger partial charge in [-0.05, 0) is 5.41 Å². The van der Waals surface area contributed by atoms with E-state index in [0.29, 0.717) is 26.2 Å². The third kappa shape index (κ3) is 5.26. The highest BCUT2D eigenvalue weighted by molar-refractivity contribution is 7.85. The maximum Gasteiger partial charge on any atom is 0.407 e.